The monoisotopic (exact) mass is 318 g/mol. The van der Waals surface area contributed by atoms with E-state index in [0.29, 0.717) is 11.6 Å². The second kappa shape index (κ2) is 6.41. The van der Waals surface area contributed by atoms with Crippen LogP contribution in [0.1, 0.15) is 10.5 Å². The topological polar surface area (TPSA) is 58.6 Å². The smallest absolute Gasteiger partial charge is 0.356 e. The number of aromatic nitrogens is 2. The summed E-state index contributed by atoms with van der Waals surface area (Å²) >= 11 is 1.59. The Morgan fingerprint density at radius 3 is 2.68 bits per heavy atom. The van der Waals surface area contributed by atoms with E-state index in [1.165, 1.54) is 7.11 Å². The van der Waals surface area contributed by atoms with E-state index in [1.54, 1.807) is 17.4 Å². The maximum atomic E-state index is 11.9. The average molecular weight is 318 g/mol. The zero-order chi connectivity index (χ0) is 15.5. The van der Waals surface area contributed by atoms with Gasteiger partial charge in [0.05, 0.1) is 17.7 Å². The van der Waals surface area contributed by atoms with Crippen LogP contribution in [-0.2, 0) is 4.74 Å². The number of rotatable bonds is 3. The lowest BCUT2D eigenvalue weighted by atomic mass is 10.2. The Bertz CT molecular complexity index is 652. The third-order valence-electron chi connectivity index (χ3n) is 3.67. The minimum Gasteiger partial charge on any atom is -0.464 e. The summed E-state index contributed by atoms with van der Waals surface area (Å²) in [5, 5.41) is 1.99. The van der Waals surface area contributed by atoms with Gasteiger partial charge in [0, 0.05) is 26.2 Å². The van der Waals surface area contributed by atoms with Crippen molar-refractivity contribution in [2.75, 3.05) is 45.2 Å². The van der Waals surface area contributed by atoms with E-state index in [4.69, 9.17) is 4.74 Å². The molecule has 0 spiro atoms. The second-order valence-corrected chi connectivity index (χ2v) is 6.15. The SMILES string of the molecule is COC(=O)c1cc(-c2cccs2)nc(N2CCN(C)CC2)n1. The Morgan fingerprint density at radius 1 is 1.27 bits per heavy atom. The van der Waals surface area contributed by atoms with Crippen molar-refractivity contribution in [2.45, 2.75) is 0 Å². The van der Waals surface area contributed by atoms with Crippen LogP contribution in [0.15, 0.2) is 23.6 Å². The van der Waals surface area contributed by atoms with Gasteiger partial charge in [0.1, 0.15) is 0 Å². The van der Waals surface area contributed by atoms with Gasteiger partial charge >= 0.3 is 5.97 Å². The van der Waals surface area contributed by atoms with Gasteiger partial charge in [-0.3, -0.25) is 0 Å². The van der Waals surface area contributed by atoms with Crippen LogP contribution in [0.4, 0.5) is 5.95 Å². The van der Waals surface area contributed by atoms with Gasteiger partial charge in [-0.15, -0.1) is 11.3 Å². The van der Waals surface area contributed by atoms with Crippen molar-refractivity contribution in [3.63, 3.8) is 0 Å². The van der Waals surface area contributed by atoms with E-state index >= 15 is 0 Å². The van der Waals surface area contributed by atoms with E-state index in [2.05, 4.69) is 26.8 Å². The second-order valence-electron chi connectivity index (χ2n) is 5.20. The molecule has 1 aliphatic rings. The zero-order valence-corrected chi connectivity index (χ0v) is 13.5. The summed E-state index contributed by atoms with van der Waals surface area (Å²) in [6, 6.07) is 5.65. The van der Waals surface area contributed by atoms with Crippen LogP contribution < -0.4 is 4.90 Å². The van der Waals surface area contributed by atoms with E-state index in [-0.39, 0.29) is 0 Å². The Labute approximate surface area is 133 Å². The molecule has 116 valence electrons. The Balaban J connectivity index is 1.98. The van der Waals surface area contributed by atoms with Crippen molar-refractivity contribution < 1.29 is 9.53 Å². The first-order chi connectivity index (χ1) is 10.7. The molecule has 3 heterocycles. The molecule has 0 atom stereocenters. The number of nitrogens with zero attached hydrogens (tertiary/aromatic N) is 4. The highest BCUT2D eigenvalue weighted by molar-refractivity contribution is 7.13. The normalized spacial score (nSPS) is 15.8. The molecule has 6 nitrogen and oxygen atoms in total. The van der Waals surface area contributed by atoms with Crippen LogP contribution in [0.25, 0.3) is 10.6 Å². The van der Waals surface area contributed by atoms with Crippen molar-refractivity contribution in [1.82, 2.24) is 14.9 Å². The summed E-state index contributed by atoms with van der Waals surface area (Å²) in [7, 11) is 3.46. The first kappa shape index (κ1) is 14.9. The quantitative estimate of drug-likeness (QED) is 0.804. The zero-order valence-electron chi connectivity index (χ0n) is 12.7. The number of hydrogen-bond acceptors (Lipinski definition) is 7. The number of likely N-dealkylation sites (N-methyl/N-ethyl adjacent to an activating group) is 1. The van der Waals surface area contributed by atoms with Gasteiger partial charge in [0.25, 0.3) is 0 Å². The molecule has 1 aliphatic heterocycles. The van der Waals surface area contributed by atoms with Gasteiger partial charge in [0.2, 0.25) is 5.95 Å². The number of methoxy groups -OCH3 is 1. The fraction of sp³-hybridized carbons (Fsp3) is 0.400. The molecule has 0 N–H and O–H groups in total. The first-order valence-corrected chi connectivity index (χ1v) is 8.00. The number of anilines is 1. The number of carbonyl (C=O) groups excluding carboxylic acids is 1. The maximum absolute atomic E-state index is 11.9. The molecule has 1 fully saturated rings. The number of carbonyl (C=O) groups is 1. The number of ether oxygens (including phenoxy) is 1. The molecule has 0 aliphatic carbocycles. The van der Waals surface area contributed by atoms with Crippen LogP contribution >= 0.6 is 11.3 Å². The van der Waals surface area contributed by atoms with Crippen LogP contribution in [0, 0.1) is 0 Å². The molecule has 7 heteroatoms. The molecule has 22 heavy (non-hydrogen) atoms. The van der Waals surface area contributed by atoms with E-state index in [9.17, 15) is 4.79 Å². The van der Waals surface area contributed by atoms with Gasteiger partial charge in [-0.05, 0) is 24.6 Å². The number of esters is 1. The predicted molar refractivity (Wildman–Crippen MR) is 86.4 cm³/mol. The third-order valence-corrected chi connectivity index (χ3v) is 4.56. The van der Waals surface area contributed by atoms with Crippen molar-refractivity contribution in [2.24, 2.45) is 0 Å². The average Bonchev–Trinajstić information content (AvgIpc) is 3.09. The van der Waals surface area contributed by atoms with Gasteiger partial charge in [-0.1, -0.05) is 6.07 Å². The molecule has 1 saturated heterocycles. The molecule has 0 saturated carbocycles. The Morgan fingerprint density at radius 2 is 2.05 bits per heavy atom. The summed E-state index contributed by atoms with van der Waals surface area (Å²) < 4.78 is 4.82. The van der Waals surface area contributed by atoms with Gasteiger partial charge in [0.15, 0.2) is 5.69 Å². The van der Waals surface area contributed by atoms with Gasteiger partial charge in [-0.25, -0.2) is 14.8 Å². The van der Waals surface area contributed by atoms with Crippen molar-refractivity contribution in [1.29, 1.82) is 0 Å². The number of thiophene rings is 1. The number of hydrogen-bond donors (Lipinski definition) is 0. The molecule has 0 unspecified atom stereocenters. The van der Waals surface area contributed by atoms with E-state index in [1.807, 2.05) is 17.5 Å². The minimum atomic E-state index is -0.435. The maximum Gasteiger partial charge on any atom is 0.356 e. The van der Waals surface area contributed by atoms with Crippen LogP contribution in [-0.4, -0.2) is 61.2 Å². The Hall–Kier alpha value is -1.99. The fourth-order valence-corrected chi connectivity index (χ4v) is 3.03. The van der Waals surface area contributed by atoms with Crippen molar-refractivity contribution >= 4 is 23.3 Å². The predicted octanol–water partition coefficient (Wildman–Crippen LogP) is 1.74. The van der Waals surface area contributed by atoms with Crippen LogP contribution in [0.3, 0.4) is 0 Å². The first-order valence-electron chi connectivity index (χ1n) is 7.12. The summed E-state index contributed by atoms with van der Waals surface area (Å²) in [4.78, 5) is 26.3. The lowest BCUT2D eigenvalue weighted by molar-refractivity contribution is 0.0594. The van der Waals surface area contributed by atoms with Crippen LogP contribution in [0.2, 0.25) is 0 Å². The third kappa shape index (κ3) is 3.10. The summed E-state index contributed by atoms with van der Waals surface area (Å²) in [5.41, 5.74) is 1.06. The molecule has 3 rings (SSSR count). The molecule has 0 bridgehead atoms. The molecule has 2 aromatic rings. The van der Waals surface area contributed by atoms with Gasteiger partial charge in [-0.2, -0.15) is 0 Å². The summed E-state index contributed by atoms with van der Waals surface area (Å²) in [6.07, 6.45) is 0. The molecule has 0 amide bonds. The molecular weight excluding hydrogens is 300 g/mol. The van der Waals surface area contributed by atoms with Gasteiger partial charge < -0.3 is 14.5 Å². The fourth-order valence-electron chi connectivity index (χ4n) is 2.34. The molecule has 0 radical (unpaired) electrons. The van der Waals surface area contributed by atoms with E-state index < -0.39 is 5.97 Å². The molecule has 0 aromatic carbocycles. The lowest BCUT2D eigenvalue weighted by Gasteiger charge is -2.32. The van der Waals surface area contributed by atoms with Crippen LogP contribution in [0.5, 0.6) is 0 Å². The highest BCUT2D eigenvalue weighted by Crippen LogP contribution is 2.25. The van der Waals surface area contributed by atoms with Crippen molar-refractivity contribution in [3.05, 3.63) is 29.3 Å². The van der Waals surface area contributed by atoms with E-state index in [0.717, 1.165) is 36.8 Å². The summed E-state index contributed by atoms with van der Waals surface area (Å²) in [6.45, 7) is 3.62. The minimum absolute atomic E-state index is 0.301. The standard InChI is InChI=1S/C15H18N4O2S/c1-18-5-7-19(8-6-18)15-16-11(13-4-3-9-22-13)10-12(17-15)14(20)21-2/h3-4,9-10H,5-8H2,1-2H3. The van der Waals surface area contributed by atoms with Crippen molar-refractivity contribution in [3.8, 4) is 10.6 Å². The molecule has 2 aromatic heterocycles. The highest BCUT2D eigenvalue weighted by Gasteiger charge is 2.20. The summed E-state index contributed by atoms with van der Waals surface area (Å²) in [5.74, 6) is 0.162. The largest absolute Gasteiger partial charge is 0.464 e. The highest BCUT2D eigenvalue weighted by atomic mass is 32.1. The Kier molecular flexibility index (Phi) is 4.35. The molecular formula is C15H18N4O2S. The lowest BCUT2D eigenvalue weighted by Crippen LogP contribution is -2.45. The number of piperazine rings is 1.